The number of anilines is 2. The molecule has 28 heavy (non-hydrogen) atoms. The molecule has 0 radical (unpaired) electrons. The average Bonchev–Trinajstić information content (AvgIpc) is 3.02. The van der Waals surface area contributed by atoms with Crippen LogP contribution < -0.4 is 11.1 Å². The number of aromatic nitrogens is 4. The fraction of sp³-hybridized carbons (Fsp3) is 0.316. The lowest BCUT2D eigenvalue weighted by atomic mass is 10.1. The Bertz CT molecular complexity index is 1040. The van der Waals surface area contributed by atoms with Crippen molar-refractivity contribution in [2.24, 2.45) is 0 Å². The van der Waals surface area contributed by atoms with Crippen LogP contribution in [0.4, 0.5) is 11.6 Å². The number of rotatable bonds is 6. The largest absolute Gasteiger partial charge is 0.456 e. The standard InChI is InChI=1S/C19H22N6O3/c1-11-6-4-5-7-15(11)22-16(26)10-28-17(27)9-8-14-12(2)21-19-23-18(20)24-25(19)13(14)3/h4-7H,8-10H2,1-3H3,(H2,20,24)(H,22,26). The fourth-order valence-corrected chi connectivity index (χ4v) is 2.93. The summed E-state index contributed by atoms with van der Waals surface area (Å²) in [6.07, 6.45) is 0.537. The minimum absolute atomic E-state index is 0.122. The highest BCUT2D eigenvalue weighted by Gasteiger charge is 2.15. The zero-order valence-electron chi connectivity index (χ0n) is 16.0. The van der Waals surface area contributed by atoms with Crippen molar-refractivity contribution in [3.8, 4) is 0 Å². The SMILES string of the molecule is Cc1ccccc1NC(=O)COC(=O)CCc1c(C)nc2nc(N)nn2c1C. The number of fused-ring (bicyclic) bond motifs is 1. The van der Waals surface area contributed by atoms with Crippen LogP contribution in [0.2, 0.25) is 0 Å². The third-order valence-electron chi connectivity index (χ3n) is 4.43. The second-order valence-corrected chi connectivity index (χ2v) is 6.47. The van der Waals surface area contributed by atoms with Gasteiger partial charge >= 0.3 is 5.97 Å². The van der Waals surface area contributed by atoms with Crippen molar-refractivity contribution in [2.45, 2.75) is 33.6 Å². The lowest BCUT2D eigenvalue weighted by Crippen LogP contribution is -2.21. The Kier molecular flexibility index (Phi) is 5.53. The lowest BCUT2D eigenvalue weighted by molar-refractivity contribution is -0.147. The number of benzene rings is 1. The number of nitrogens with zero attached hydrogens (tertiary/aromatic N) is 4. The minimum atomic E-state index is -0.461. The molecule has 0 bridgehead atoms. The maximum Gasteiger partial charge on any atom is 0.306 e. The summed E-state index contributed by atoms with van der Waals surface area (Å²) >= 11 is 0. The number of nitrogen functional groups attached to an aromatic ring is 1. The van der Waals surface area contributed by atoms with E-state index in [9.17, 15) is 9.59 Å². The van der Waals surface area contributed by atoms with Crippen molar-refractivity contribution < 1.29 is 14.3 Å². The van der Waals surface area contributed by atoms with E-state index in [2.05, 4.69) is 20.4 Å². The van der Waals surface area contributed by atoms with E-state index >= 15 is 0 Å². The smallest absolute Gasteiger partial charge is 0.306 e. The molecule has 0 atom stereocenters. The molecule has 0 spiro atoms. The Morgan fingerprint density at radius 2 is 1.93 bits per heavy atom. The molecule has 0 fully saturated rings. The molecule has 0 saturated carbocycles. The fourth-order valence-electron chi connectivity index (χ4n) is 2.93. The molecule has 9 heteroatoms. The Hall–Kier alpha value is -3.49. The molecule has 0 unspecified atom stereocenters. The summed E-state index contributed by atoms with van der Waals surface area (Å²) in [5, 5.41) is 6.82. The normalized spacial score (nSPS) is 10.8. The van der Waals surface area contributed by atoms with E-state index in [4.69, 9.17) is 10.5 Å². The van der Waals surface area contributed by atoms with Crippen LogP contribution in [0, 0.1) is 20.8 Å². The number of carbonyl (C=O) groups excluding carboxylic acids is 2. The Morgan fingerprint density at radius 3 is 2.68 bits per heavy atom. The highest BCUT2D eigenvalue weighted by molar-refractivity contribution is 5.93. The number of ether oxygens (including phenoxy) is 1. The second kappa shape index (κ2) is 8.03. The lowest BCUT2D eigenvalue weighted by Gasteiger charge is -2.11. The van der Waals surface area contributed by atoms with Gasteiger partial charge in [0.1, 0.15) is 0 Å². The molecule has 0 aliphatic heterocycles. The monoisotopic (exact) mass is 382 g/mol. The van der Waals surface area contributed by atoms with Crippen molar-refractivity contribution in [2.75, 3.05) is 17.7 Å². The predicted octanol–water partition coefficient (Wildman–Crippen LogP) is 1.75. The highest BCUT2D eigenvalue weighted by Crippen LogP contribution is 2.16. The van der Waals surface area contributed by atoms with Crippen LogP contribution in [-0.4, -0.2) is 38.1 Å². The number of para-hydroxylation sites is 1. The Labute approximate surface area is 161 Å². The van der Waals surface area contributed by atoms with Gasteiger partial charge in [-0.25, -0.2) is 4.98 Å². The molecule has 3 aromatic rings. The summed E-state index contributed by atoms with van der Waals surface area (Å²) < 4.78 is 6.64. The molecule has 1 amide bonds. The van der Waals surface area contributed by atoms with Gasteiger partial charge in [-0.3, -0.25) is 9.59 Å². The molecule has 2 heterocycles. The van der Waals surface area contributed by atoms with Gasteiger partial charge in [0, 0.05) is 23.5 Å². The van der Waals surface area contributed by atoms with Crippen molar-refractivity contribution in [3.63, 3.8) is 0 Å². The molecule has 3 N–H and O–H groups in total. The van der Waals surface area contributed by atoms with E-state index in [1.54, 1.807) is 10.6 Å². The maximum atomic E-state index is 12.1. The number of amides is 1. The van der Waals surface area contributed by atoms with E-state index in [0.717, 1.165) is 22.5 Å². The van der Waals surface area contributed by atoms with E-state index in [0.29, 0.717) is 17.9 Å². The van der Waals surface area contributed by atoms with Crippen LogP contribution in [0.3, 0.4) is 0 Å². The number of aryl methyl sites for hydroxylation is 3. The molecule has 9 nitrogen and oxygen atoms in total. The van der Waals surface area contributed by atoms with Crippen LogP contribution >= 0.6 is 0 Å². The van der Waals surface area contributed by atoms with E-state index in [-0.39, 0.29) is 24.9 Å². The summed E-state index contributed by atoms with van der Waals surface area (Å²) in [5.74, 6) is -0.272. The van der Waals surface area contributed by atoms with Gasteiger partial charge in [-0.15, -0.1) is 5.10 Å². The van der Waals surface area contributed by atoms with Crippen LogP contribution in [0.5, 0.6) is 0 Å². The third kappa shape index (κ3) is 4.25. The molecule has 0 saturated heterocycles. The molecule has 2 aromatic heterocycles. The van der Waals surface area contributed by atoms with Crippen LogP contribution in [0.1, 0.15) is 28.9 Å². The number of hydrogen-bond donors (Lipinski definition) is 2. The zero-order chi connectivity index (χ0) is 20.3. The first-order valence-corrected chi connectivity index (χ1v) is 8.84. The maximum absolute atomic E-state index is 12.1. The van der Waals surface area contributed by atoms with E-state index in [1.807, 2.05) is 39.0 Å². The van der Waals surface area contributed by atoms with Gasteiger partial charge in [0.05, 0.1) is 0 Å². The van der Waals surface area contributed by atoms with Crippen molar-refractivity contribution >= 4 is 29.3 Å². The number of hydrogen-bond acceptors (Lipinski definition) is 7. The van der Waals surface area contributed by atoms with Gasteiger partial charge in [-0.2, -0.15) is 9.50 Å². The summed E-state index contributed by atoms with van der Waals surface area (Å²) in [6, 6.07) is 7.39. The minimum Gasteiger partial charge on any atom is -0.456 e. The number of nitrogens with two attached hydrogens (primary N) is 1. The molecule has 1 aromatic carbocycles. The molecule has 0 aliphatic rings. The van der Waals surface area contributed by atoms with Gasteiger partial charge < -0.3 is 15.8 Å². The highest BCUT2D eigenvalue weighted by atomic mass is 16.5. The first kappa shape index (κ1) is 19.3. The zero-order valence-corrected chi connectivity index (χ0v) is 16.0. The van der Waals surface area contributed by atoms with E-state index < -0.39 is 5.97 Å². The van der Waals surface area contributed by atoms with Crippen LogP contribution in [0.15, 0.2) is 24.3 Å². The predicted molar refractivity (Wildman–Crippen MR) is 104 cm³/mol. The summed E-state index contributed by atoms with van der Waals surface area (Å²) in [4.78, 5) is 32.4. The Morgan fingerprint density at radius 1 is 1.18 bits per heavy atom. The quantitative estimate of drug-likeness (QED) is 0.622. The van der Waals surface area contributed by atoms with Crippen LogP contribution in [0.25, 0.3) is 5.78 Å². The number of esters is 1. The van der Waals surface area contributed by atoms with Crippen molar-refractivity contribution in [3.05, 3.63) is 46.8 Å². The van der Waals surface area contributed by atoms with E-state index in [1.165, 1.54) is 0 Å². The van der Waals surface area contributed by atoms with Gasteiger partial charge in [0.2, 0.25) is 5.95 Å². The summed E-state index contributed by atoms with van der Waals surface area (Å²) in [5.41, 5.74) is 9.69. The molecular weight excluding hydrogens is 360 g/mol. The van der Waals surface area contributed by atoms with Crippen LogP contribution in [-0.2, 0) is 20.7 Å². The molecule has 0 aliphatic carbocycles. The third-order valence-corrected chi connectivity index (χ3v) is 4.43. The molecule has 146 valence electrons. The second-order valence-electron chi connectivity index (χ2n) is 6.47. The topological polar surface area (TPSA) is 124 Å². The first-order chi connectivity index (χ1) is 13.3. The van der Waals surface area contributed by atoms with Gasteiger partial charge in [-0.05, 0) is 44.4 Å². The Balaban J connectivity index is 1.55. The molecule has 3 rings (SSSR count). The summed E-state index contributed by atoms with van der Waals surface area (Å²) in [6.45, 7) is 5.27. The molecular formula is C19H22N6O3. The van der Waals surface area contributed by atoms with Gasteiger partial charge in [0.15, 0.2) is 6.61 Å². The van der Waals surface area contributed by atoms with Crippen molar-refractivity contribution in [1.29, 1.82) is 0 Å². The van der Waals surface area contributed by atoms with Gasteiger partial charge in [-0.1, -0.05) is 18.2 Å². The van der Waals surface area contributed by atoms with Gasteiger partial charge in [0.25, 0.3) is 11.7 Å². The number of carbonyl (C=O) groups is 2. The average molecular weight is 382 g/mol. The number of nitrogens with one attached hydrogen (secondary N) is 1. The van der Waals surface area contributed by atoms with Crippen molar-refractivity contribution in [1.82, 2.24) is 19.6 Å². The first-order valence-electron chi connectivity index (χ1n) is 8.84. The summed E-state index contributed by atoms with van der Waals surface area (Å²) in [7, 11) is 0.